The Morgan fingerprint density at radius 3 is 2.03 bits per heavy atom. The molecule has 0 radical (unpaired) electrons. The van der Waals surface area contributed by atoms with Gasteiger partial charge in [0.15, 0.2) is 23.0 Å². The van der Waals surface area contributed by atoms with Crippen LogP contribution in [-0.4, -0.2) is 38.2 Å². The molecular weight excluding hydrogens is 558 g/mol. The van der Waals surface area contributed by atoms with Crippen molar-refractivity contribution in [2.45, 2.75) is 0 Å². The standard InChI is InChI=1S/C25H23IN2O5.Na/c1-30-20-11-10-16(24(29)25(20)33-4)23-18(14-27-28(23)15-8-6-5-7-9-15)17-12-21(31-2)22(32-3)13-19(17)26;/h5-14,29H,1-4H3;/q;+1/p-1. The van der Waals surface area contributed by atoms with Crippen molar-refractivity contribution < 1.29 is 53.6 Å². The van der Waals surface area contributed by atoms with Gasteiger partial charge < -0.3 is 24.1 Å². The van der Waals surface area contributed by atoms with Gasteiger partial charge in [0.1, 0.15) is 0 Å². The number of nitrogens with zero attached hydrogens (tertiary/aromatic N) is 2. The Bertz CT molecular complexity index is 1290. The second-order valence-corrected chi connectivity index (χ2v) is 8.18. The van der Waals surface area contributed by atoms with Gasteiger partial charge in [-0.3, -0.25) is 0 Å². The molecule has 0 N–H and O–H groups in total. The van der Waals surface area contributed by atoms with Gasteiger partial charge in [0.25, 0.3) is 0 Å². The van der Waals surface area contributed by atoms with Crippen LogP contribution in [0.5, 0.6) is 28.7 Å². The molecule has 0 unspecified atom stereocenters. The minimum absolute atomic E-state index is 0. The fourth-order valence-corrected chi connectivity index (χ4v) is 4.44. The maximum atomic E-state index is 13.5. The van der Waals surface area contributed by atoms with Crippen molar-refractivity contribution in [1.29, 1.82) is 0 Å². The van der Waals surface area contributed by atoms with Crippen LogP contribution < -0.4 is 53.6 Å². The van der Waals surface area contributed by atoms with Gasteiger partial charge in [0, 0.05) is 14.7 Å². The largest absolute Gasteiger partial charge is 1.00 e. The molecular formula is C25H22IN2NaO5. The van der Waals surface area contributed by atoms with Crippen LogP contribution in [-0.2, 0) is 0 Å². The summed E-state index contributed by atoms with van der Waals surface area (Å²) in [5.41, 5.74) is 3.53. The first kappa shape index (κ1) is 26.2. The van der Waals surface area contributed by atoms with Crippen molar-refractivity contribution in [1.82, 2.24) is 9.78 Å². The Labute approximate surface area is 234 Å². The third-order valence-electron chi connectivity index (χ3n) is 5.29. The van der Waals surface area contributed by atoms with E-state index in [4.69, 9.17) is 18.9 Å². The molecule has 0 spiro atoms. The van der Waals surface area contributed by atoms with Crippen LogP contribution in [0.4, 0.5) is 0 Å². The van der Waals surface area contributed by atoms with E-state index < -0.39 is 0 Å². The smallest absolute Gasteiger partial charge is 0.869 e. The van der Waals surface area contributed by atoms with Crippen LogP contribution in [0.3, 0.4) is 0 Å². The van der Waals surface area contributed by atoms with Crippen LogP contribution in [0.15, 0.2) is 60.8 Å². The predicted molar refractivity (Wildman–Crippen MR) is 133 cm³/mol. The SMILES string of the molecule is COc1cc(I)c(-c2cnn(-c3ccccc3)c2-c2ccc(OC)c(OC)c2[O-])cc1OC.[Na+]. The Hall–Kier alpha value is -2.40. The number of aromatic nitrogens is 2. The minimum atomic E-state index is -0.286. The Morgan fingerprint density at radius 1 is 0.765 bits per heavy atom. The van der Waals surface area contributed by atoms with E-state index in [-0.39, 0.29) is 41.1 Å². The number of halogens is 1. The fraction of sp³-hybridized carbons (Fsp3) is 0.160. The summed E-state index contributed by atoms with van der Waals surface area (Å²) in [5, 5.41) is 18.1. The maximum absolute atomic E-state index is 13.5. The first-order valence-corrected chi connectivity index (χ1v) is 11.1. The van der Waals surface area contributed by atoms with Crippen LogP contribution in [0.25, 0.3) is 28.1 Å². The first-order chi connectivity index (χ1) is 16.0. The molecule has 0 aliphatic rings. The quantitative estimate of drug-likeness (QED) is 0.246. The molecule has 4 aromatic rings. The molecule has 0 bridgehead atoms. The molecule has 0 aliphatic heterocycles. The van der Waals surface area contributed by atoms with Gasteiger partial charge in [0.05, 0.1) is 46.0 Å². The molecule has 0 aliphatic carbocycles. The zero-order chi connectivity index (χ0) is 23.5. The van der Waals surface area contributed by atoms with Crippen molar-refractivity contribution in [2.24, 2.45) is 0 Å². The molecule has 1 aromatic heterocycles. The molecule has 3 aromatic carbocycles. The predicted octanol–water partition coefficient (Wildman–Crippen LogP) is 1.92. The number of benzene rings is 3. The molecule has 0 atom stereocenters. The molecule has 0 fully saturated rings. The molecule has 170 valence electrons. The zero-order valence-corrected chi connectivity index (χ0v) is 23.7. The van der Waals surface area contributed by atoms with Gasteiger partial charge in [-0.05, 0) is 64.6 Å². The fourth-order valence-electron chi connectivity index (χ4n) is 3.72. The van der Waals surface area contributed by atoms with Crippen LogP contribution >= 0.6 is 22.6 Å². The molecule has 9 heteroatoms. The summed E-state index contributed by atoms with van der Waals surface area (Å²) >= 11 is 2.24. The van der Waals surface area contributed by atoms with E-state index in [1.54, 1.807) is 37.2 Å². The van der Waals surface area contributed by atoms with Gasteiger partial charge in [-0.1, -0.05) is 23.9 Å². The average Bonchev–Trinajstić information content (AvgIpc) is 3.28. The second-order valence-electron chi connectivity index (χ2n) is 7.02. The third-order valence-corrected chi connectivity index (χ3v) is 6.18. The Kier molecular flexibility index (Phi) is 8.75. The van der Waals surface area contributed by atoms with Crippen molar-refractivity contribution in [3.05, 3.63) is 64.4 Å². The van der Waals surface area contributed by atoms with E-state index in [2.05, 4.69) is 27.7 Å². The van der Waals surface area contributed by atoms with Gasteiger partial charge >= 0.3 is 29.6 Å². The molecule has 34 heavy (non-hydrogen) atoms. The zero-order valence-electron chi connectivity index (χ0n) is 19.6. The number of methoxy groups -OCH3 is 4. The molecule has 0 saturated carbocycles. The molecule has 0 saturated heterocycles. The van der Waals surface area contributed by atoms with E-state index in [1.807, 2.05) is 42.5 Å². The van der Waals surface area contributed by atoms with Gasteiger partial charge in [-0.15, -0.1) is 0 Å². The van der Waals surface area contributed by atoms with Crippen molar-refractivity contribution >= 4 is 22.6 Å². The minimum Gasteiger partial charge on any atom is -0.869 e. The summed E-state index contributed by atoms with van der Waals surface area (Å²) < 4.78 is 24.3. The molecule has 7 nitrogen and oxygen atoms in total. The molecule has 4 rings (SSSR count). The van der Waals surface area contributed by atoms with E-state index in [9.17, 15) is 5.11 Å². The van der Waals surface area contributed by atoms with Gasteiger partial charge in [0.2, 0.25) is 0 Å². The van der Waals surface area contributed by atoms with Crippen molar-refractivity contribution in [3.63, 3.8) is 0 Å². The second kappa shape index (κ2) is 11.4. The van der Waals surface area contributed by atoms with Crippen molar-refractivity contribution in [2.75, 3.05) is 28.4 Å². The monoisotopic (exact) mass is 580 g/mol. The maximum Gasteiger partial charge on any atom is 1.00 e. The third kappa shape index (κ3) is 4.72. The van der Waals surface area contributed by atoms with Crippen molar-refractivity contribution in [3.8, 4) is 56.8 Å². The topological polar surface area (TPSA) is 77.8 Å². The van der Waals surface area contributed by atoms with E-state index in [1.165, 1.54) is 14.2 Å². The van der Waals surface area contributed by atoms with Crippen LogP contribution in [0.2, 0.25) is 0 Å². The average molecular weight is 580 g/mol. The van der Waals surface area contributed by atoms with Gasteiger partial charge in [-0.25, -0.2) is 4.68 Å². The number of para-hydroxylation sites is 1. The Balaban J connectivity index is 0.00000324. The number of rotatable bonds is 7. The summed E-state index contributed by atoms with van der Waals surface area (Å²) in [6.45, 7) is 0. The van der Waals surface area contributed by atoms with Crippen LogP contribution in [0.1, 0.15) is 0 Å². The molecule has 0 amide bonds. The van der Waals surface area contributed by atoms with Crippen LogP contribution in [0, 0.1) is 3.57 Å². The van der Waals surface area contributed by atoms with E-state index in [0.29, 0.717) is 28.5 Å². The summed E-state index contributed by atoms with van der Waals surface area (Å²) in [6, 6.07) is 16.9. The van der Waals surface area contributed by atoms with Gasteiger partial charge in [-0.2, -0.15) is 5.10 Å². The van der Waals surface area contributed by atoms with E-state index in [0.717, 1.165) is 20.4 Å². The normalized spacial score (nSPS) is 10.4. The molecule has 1 heterocycles. The number of hydrogen-bond donors (Lipinski definition) is 0. The Morgan fingerprint density at radius 2 is 1.41 bits per heavy atom. The summed E-state index contributed by atoms with van der Waals surface area (Å²) in [6.07, 6.45) is 1.75. The number of ether oxygens (including phenoxy) is 4. The first-order valence-electron chi connectivity index (χ1n) is 10.0. The summed E-state index contributed by atoms with van der Waals surface area (Å²) in [5.74, 6) is 1.44. The summed E-state index contributed by atoms with van der Waals surface area (Å²) in [4.78, 5) is 0. The summed E-state index contributed by atoms with van der Waals surface area (Å²) in [7, 11) is 6.14. The van der Waals surface area contributed by atoms with E-state index >= 15 is 0 Å². The number of hydrogen-bond acceptors (Lipinski definition) is 6.